The van der Waals surface area contributed by atoms with Crippen LogP contribution in [0.4, 0.5) is 11.4 Å². The molecular weight excluding hydrogens is 246 g/mol. The quantitative estimate of drug-likeness (QED) is 0.644. The Morgan fingerprint density at radius 2 is 1.74 bits per heavy atom. The van der Waals surface area contributed by atoms with E-state index in [0.29, 0.717) is 16.9 Å². The molecule has 19 heavy (non-hydrogen) atoms. The third kappa shape index (κ3) is 4.89. The van der Waals surface area contributed by atoms with Crippen molar-refractivity contribution in [1.82, 2.24) is 0 Å². The van der Waals surface area contributed by atoms with E-state index in [-0.39, 0.29) is 31.2 Å². The number of hydrogen-bond acceptors (Lipinski definition) is 4. The molecule has 1 rings (SSSR count). The monoisotopic (exact) mass is 261 g/mol. The smallest absolute Gasteiger partial charge is 0.238 e. The van der Waals surface area contributed by atoms with E-state index < -0.39 is 0 Å². The maximum absolute atomic E-state index is 11.2. The van der Waals surface area contributed by atoms with E-state index in [2.05, 4.69) is 10.6 Å². The second-order valence-corrected chi connectivity index (χ2v) is 3.79. The van der Waals surface area contributed by atoms with Gasteiger partial charge in [-0.3, -0.25) is 9.59 Å². The highest BCUT2D eigenvalue weighted by molar-refractivity contribution is 5.95. The van der Waals surface area contributed by atoms with Crippen LogP contribution >= 0.6 is 0 Å². The minimum absolute atomic E-state index is 0.150. The number of nitrogens with one attached hydrogen (secondary N) is 2. The zero-order valence-electron chi connectivity index (χ0n) is 10.3. The number of hydrogen-bond donors (Lipinski definition) is 3. The van der Waals surface area contributed by atoms with Gasteiger partial charge in [0.15, 0.2) is 0 Å². The Kier molecular flexibility index (Phi) is 5.69. The van der Waals surface area contributed by atoms with Crippen LogP contribution in [-0.4, -0.2) is 24.6 Å². The van der Waals surface area contributed by atoms with E-state index in [1.165, 1.54) is 0 Å². The van der Waals surface area contributed by atoms with Crippen molar-refractivity contribution in [3.8, 4) is 0 Å². The molecule has 1 aromatic rings. The molecule has 0 aromatic heterocycles. The van der Waals surface area contributed by atoms with Crippen LogP contribution < -0.4 is 16.4 Å². The first-order valence-corrected chi connectivity index (χ1v) is 5.66. The summed E-state index contributed by atoms with van der Waals surface area (Å²) in [5.74, 6) is -0.723. The third-order valence-electron chi connectivity index (χ3n) is 2.25. The molecule has 0 saturated carbocycles. The van der Waals surface area contributed by atoms with Crippen molar-refractivity contribution in [2.45, 2.75) is 12.8 Å². The molecule has 0 heterocycles. The zero-order valence-corrected chi connectivity index (χ0v) is 10.3. The summed E-state index contributed by atoms with van der Waals surface area (Å²) in [6.45, 7) is 5.05. The van der Waals surface area contributed by atoms with Crippen LogP contribution in [-0.2, 0) is 20.8 Å². The summed E-state index contributed by atoms with van der Waals surface area (Å²) in [7, 11) is 0. The van der Waals surface area contributed by atoms with E-state index in [4.69, 9.17) is 12.7 Å². The van der Waals surface area contributed by atoms with Crippen LogP contribution in [0.15, 0.2) is 18.2 Å². The normalized spacial score (nSPS) is 9.79. The fourth-order valence-electron chi connectivity index (χ4n) is 1.47. The number of aldehydes is 1. The van der Waals surface area contributed by atoms with Crippen molar-refractivity contribution < 1.29 is 14.4 Å². The van der Waals surface area contributed by atoms with Gasteiger partial charge in [-0.2, -0.15) is 0 Å². The molecule has 6 heteroatoms. The minimum Gasteiger partial charge on any atom is -0.326 e. The largest absolute Gasteiger partial charge is 0.326 e. The van der Waals surface area contributed by atoms with Crippen LogP contribution in [0.25, 0.3) is 0 Å². The molecule has 100 valence electrons. The third-order valence-corrected chi connectivity index (χ3v) is 2.25. The summed E-state index contributed by atoms with van der Waals surface area (Å²) in [5.41, 5.74) is 6.79. The molecule has 0 aliphatic carbocycles. The topological polar surface area (TPSA) is 101 Å². The van der Waals surface area contributed by atoms with E-state index in [1.807, 2.05) is 0 Å². The first-order valence-electron chi connectivity index (χ1n) is 5.66. The van der Waals surface area contributed by atoms with Gasteiger partial charge in [0.2, 0.25) is 11.8 Å². The molecule has 0 atom stereocenters. The molecule has 0 bridgehead atoms. The van der Waals surface area contributed by atoms with E-state index in [1.54, 1.807) is 18.2 Å². The Morgan fingerprint density at radius 1 is 1.16 bits per heavy atom. The van der Waals surface area contributed by atoms with E-state index >= 15 is 0 Å². The van der Waals surface area contributed by atoms with E-state index in [0.717, 1.165) is 6.29 Å². The highest BCUT2D eigenvalue weighted by Crippen LogP contribution is 2.19. The van der Waals surface area contributed by atoms with Gasteiger partial charge in [0.25, 0.3) is 0 Å². The van der Waals surface area contributed by atoms with Crippen molar-refractivity contribution in [2.24, 2.45) is 5.73 Å². The summed E-state index contributed by atoms with van der Waals surface area (Å²) in [6.07, 6.45) is 0.763. The standard InChI is InChI=1S/C13H15N3O3/c1-2-12(18)15-10-5-9(3-4-17)6-11(7-10)16-13(19)8-14/h1,4-7H,2-3,8,14H2,(H,15,18)(H,16,19). The van der Waals surface area contributed by atoms with Crippen LogP contribution in [0.1, 0.15) is 12.0 Å². The molecule has 0 saturated heterocycles. The number of benzene rings is 1. The molecule has 4 N–H and O–H groups in total. The molecule has 1 aromatic carbocycles. The Labute approximate surface area is 111 Å². The Balaban J connectivity index is 2.99. The summed E-state index contributed by atoms with van der Waals surface area (Å²) >= 11 is 0. The second kappa shape index (κ2) is 7.27. The molecule has 6 nitrogen and oxygen atoms in total. The first kappa shape index (κ1) is 14.8. The van der Waals surface area contributed by atoms with Crippen molar-refractivity contribution in [3.05, 3.63) is 30.7 Å². The van der Waals surface area contributed by atoms with Gasteiger partial charge in [0.1, 0.15) is 6.29 Å². The lowest BCUT2D eigenvalue weighted by Crippen LogP contribution is -2.22. The van der Waals surface area contributed by atoms with Gasteiger partial charge in [0.05, 0.1) is 6.54 Å². The van der Waals surface area contributed by atoms with Crippen LogP contribution in [0.5, 0.6) is 0 Å². The molecule has 0 aliphatic rings. The van der Waals surface area contributed by atoms with E-state index in [9.17, 15) is 14.4 Å². The highest BCUT2D eigenvalue weighted by atomic mass is 16.2. The van der Waals surface area contributed by atoms with Gasteiger partial charge in [-0.25, -0.2) is 0 Å². The molecule has 0 aliphatic heterocycles. The maximum atomic E-state index is 11.2. The predicted octanol–water partition coefficient (Wildman–Crippen LogP) is 0.365. The molecule has 2 amide bonds. The lowest BCUT2D eigenvalue weighted by atomic mass is 10.1. The van der Waals surface area contributed by atoms with Gasteiger partial charge in [0, 0.05) is 24.2 Å². The Hall–Kier alpha value is -2.21. The number of carbonyl (C=O) groups is 3. The minimum atomic E-state index is -0.362. The average Bonchev–Trinajstić information content (AvgIpc) is 2.38. The lowest BCUT2D eigenvalue weighted by Gasteiger charge is -2.10. The SMILES string of the molecule is [CH]CC(=O)Nc1cc(CC=O)cc(NC(=O)CN)c1. The molecule has 0 fully saturated rings. The Bertz CT molecular complexity index is 450. The zero-order chi connectivity index (χ0) is 14.3. The number of rotatable bonds is 6. The average molecular weight is 261 g/mol. The fourth-order valence-corrected chi connectivity index (χ4v) is 1.47. The molecular formula is C13H15N3O3. The molecule has 0 spiro atoms. The van der Waals surface area contributed by atoms with Crippen LogP contribution in [0, 0.1) is 6.92 Å². The number of carbonyl (C=O) groups excluding carboxylic acids is 3. The Morgan fingerprint density at radius 3 is 2.21 bits per heavy atom. The summed E-state index contributed by atoms with van der Waals surface area (Å²) in [5, 5.41) is 5.12. The van der Waals surface area contributed by atoms with Crippen LogP contribution in [0.2, 0.25) is 0 Å². The van der Waals surface area contributed by atoms with Gasteiger partial charge in [-0.15, -0.1) is 0 Å². The van der Waals surface area contributed by atoms with Crippen molar-refractivity contribution in [1.29, 1.82) is 0 Å². The fraction of sp³-hybridized carbons (Fsp3) is 0.231. The maximum Gasteiger partial charge on any atom is 0.238 e. The van der Waals surface area contributed by atoms with Crippen molar-refractivity contribution >= 4 is 29.5 Å². The van der Waals surface area contributed by atoms with Gasteiger partial charge >= 0.3 is 0 Å². The van der Waals surface area contributed by atoms with Gasteiger partial charge in [-0.1, -0.05) is 0 Å². The summed E-state index contributed by atoms with van der Waals surface area (Å²) in [6, 6.07) is 4.84. The number of nitrogens with two attached hydrogens (primary N) is 1. The molecule has 0 unspecified atom stereocenters. The predicted molar refractivity (Wildman–Crippen MR) is 71.4 cm³/mol. The van der Waals surface area contributed by atoms with Gasteiger partial charge < -0.3 is 21.2 Å². The van der Waals surface area contributed by atoms with Crippen molar-refractivity contribution in [2.75, 3.05) is 17.2 Å². The van der Waals surface area contributed by atoms with Crippen LogP contribution in [0.3, 0.4) is 0 Å². The van der Waals surface area contributed by atoms with Gasteiger partial charge in [-0.05, 0) is 30.7 Å². The lowest BCUT2D eigenvalue weighted by molar-refractivity contribution is -0.116. The number of anilines is 2. The first-order chi connectivity index (χ1) is 9.08. The summed E-state index contributed by atoms with van der Waals surface area (Å²) < 4.78 is 0. The highest BCUT2D eigenvalue weighted by Gasteiger charge is 2.06. The molecule has 2 radical (unpaired) electrons. The van der Waals surface area contributed by atoms with Crippen molar-refractivity contribution in [3.63, 3.8) is 0 Å². The summed E-state index contributed by atoms with van der Waals surface area (Å²) in [4.78, 5) is 33.0. The second-order valence-electron chi connectivity index (χ2n) is 3.79. The number of amides is 2.